The van der Waals surface area contributed by atoms with Gasteiger partial charge in [0.1, 0.15) is 6.04 Å². The van der Waals surface area contributed by atoms with E-state index in [4.69, 9.17) is 0 Å². The summed E-state index contributed by atoms with van der Waals surface area (Å²) in [5.41, 5.74) is 2.69. The summed E-state index contributed by atoms with van der Waals surface area (Å²) < 4.78 is 0. The Bertz CT molecular complexity index is 934. The van der Waals surface area contributed by atoms with Crippen molar-refractivity contribution in [3.8, 4) is 0 Å². The molecular weight excluding hydrogens is 406 g/mol. The number of pyridine rings is 1. The highest BCUT2D eigenvalue weighted by molar-refractivity contribution is 5.94. The third-order valence-corrected chi connectivity index (χ3v) is 5.55. The van der Waals surface area contributed by atoms with Crippen LogP contribution in [0.5, 0.6) is 0 Å². The molecule has 0 bridgehead atoms. The van der Waals surface area contributed by atoms with Gasteiger partial charge in [-0.3, -0.25) is 14.6 Å². The molecule has 8 nitrogen and oxygen atoms in total. The molecule has 2 N–H and O–H groups in total. The monoisotopic (exact) mass is 437 g/mol. The van der Waals surface area contributed by atoms with Gasteiger partial charge >= 0.3 is 6.03 Å². The van der Waals surface area contributed by atoms with E-state index in [2.05, 4.69) is 15.6 Å². The van der Waals surface area contributed by atoms with Crippen molar-refractivity contribution in [2.24, 2.45) is 0 Å². The minimum atomic E-state index is -0.648. The number of carbonyl (C=O) groups excluding carboxylic acids is 3. The molecule has 2 aromatic rings. The van der Waals surface area contributed by atoms with E-state index in [0.29, 0.717) is 31.7 Å². The van der Waals surface area contributed by atoms with Gasteiger partial charge in [-0.2, -0.15) is 0 Å². The maximum absolute atomic E-state index is 13.1. The van der Waals surface area contributed by atoms with E-state index >= 15 is 0 Å². The average Bonchev–Trinajstić information content (AvgIpc) is 2.94. The Morgan fingerprint density at radius 3 is 2.69 bits per heavy atom. The molecule has 32 heavy (non-hydrogen) atoms. The number of likely N-dealkylation sites (tertiary alicyclic amines) is 1. The second kappa shape index (κ2) is 11.3. The highest BCUT2D eigenvalue weighted by Crippen LogP contribution is 2.15. The van der Waals surface area contributed by atoms with Gasteiger partial charge < -0.3 is 20.4 Å². The number of anilines is 1. The highest BCUT2D eigenvalue weighted by Gasteiger charge is 2.30. The molecule has 0 radical (unpaired) electrons. The summed E-state index contributed by atoms with van der Waals surface area (Å²) in [6.07, 6.45) is 5.56. The Hall–Kier alpha value is -3.42. The molecule has 4 amide bonds. The number of nitrogens with zero attached hydrogens (tertiary/aromatic N) is 3. The molecule has 0 saturated carbocycles. The van der Waals surface area contributed by atoms with Crippen LogP contribution < -0.4 is 10.6 Å². The van der Waals surface area contributed by atoms with E-state index in [-0.39, 0.29) is 18.4 Å². The van der Waals surface area contributed by atoms with Crippen LogP contribution in [-0.2, 0) is 16.1 Å². The van der Waals surface area contributed by atoms with Crippen LogP contribution in [0.4, 0.5) is 10.5 Å². The molecule has 0 unspecified atom stereocenters. The number of rotatable bonds is 7. The summed E-state index contributed by atoms with van der Waals surface area (Å²) in [4.78, 5) is 45.8. The van der Waals surface area contributed by atoms with Crippen molar-refractivity contribution >= 4 is 23.5 Å². The topological polar surface area (TPSA) is 94.6 Å². The Kier molecular flexibility index (Phi) is 8.19. The molecule has 3 rings (SSSR count). The number of aromatic nitrogens is 1. The molecule has 1 aromatic carbocycles. The predicted octanol–water partition coefficient (Wildman–Crippen LogP) is 2.94. The van der Waals surface area contributed by atoms with E-state index in [1.165, 1.54) is 0 Å². The molecule has 2 heterocycles. The molecule has 1 aromatic heterocycles. The Morgan fingerprint density at radius 2 is 1.97 bits per heavy atom. The van der Waals surface area contributed by atoms with E-state index in [9.17, 15) is 14.4 Å². The van der Waals surface area contributed by atoms with Gasteiger partial charge in [0.2, 0.25) is 11.8 Å². The zero-order valence-electron chi connectivity index (χ0n) is 18.7. The number of hydrogen-bond acceptors (Lipinski definition) is 4. The van der Waals surface area contributed by atoms with Crippen molar-refractivity contribution in [2.75, 3.05) is 25.0 Å². The van der Waals surface area contributed by atoms with Gasteiger partial charge in [-0.25, -0.2) is 4.79 Å². The van der Waals surface area contributed by atoms with Crippen molar-refractivity contribution < 1.29 is 14.4 Å². The number of aryl methyl sites for hydroxylation is 1. The number of likely N-dealkylation sites (N-methyl/N-ethyl adjacent to an activating group) is 1. The molecule has 1 aliphatic heterocycles. The third-order valence-electron chi connectivity index (χ3n) is 5.55. The molecule has 0 spiro atoms. The van der Waals surface area contributed by atoms with Gasteiger partial charge in [0, 0.05) is 37.7 Å². The predicted molar refractivity (Wildman–Crippen MR) is 123 cm³/mol. The van der Waals surface area contributed by atoms with E-state index in [0.717, 1.165) is 24.0 Å². The van der Waals surface area contributed by atoms with Crippen LogP contribution in [0.1, 0.15) is 37.3 Å². The summed E-state index contributed by atoms with van der Waals surface area (Å²) in [5.74, 6) is -0.322. The fraction of sp³-hybridized carbons (Fsp3) is 0.417. The molecule has 1 saturated heterocycles. The van der Waals surface area contributed by atoms with Crippen LogP contribution in [0, 0.1) is 6.92 Å². The van der Waals surface area contributed by atoms with E-state index in [1.54, 1.807) is 28.3 Å². The first-order chi connectivity index (χ1) is 15.5. The maximum Gasteiger partial charge on any atom is 0.319 e. The van der Waals surface area contributed by atoms with Gasteiger partial charge in [0.05, 0.1) is 6.54 Å². The lowest BCUT2D eigenvalue weighted by molar-refractivity contribution is -0.141. The van der Waals surface area contributed by atoms with Crippen LogP contribution in [0.25, 0.3) is 0 Å². The van der Waals surface area contributed by atoms with Gasteiger partial charge in [-0.15, -0.1) is 0 Å². The second-order valence-electron chi connectivity index (χ2n) is 8.04. The lowest BCUT2D eigenvalue weighted by atomic mass is 10.1. The second-order valence-corrected chi connectivity index (χ2v) is 8.04. The number of benzene rings is 1. The van der Waals surface area contributed by atoms with Crippen LogP contribution in [0.3, 0.4) is 0 Å². The van der Waals surface area contributed by atoms with E-state index in [1.807, 2.05) is 44.2 Å². The highest BCUT2D eigenvalue weighted by atomic mass is 16.2. The zero-order chi connectivity index (χ0) is 22.9. The van der Waals surface area contributed by atoms with E-state index < -0.39 is 12.1 Å². The summed E-state index contributed by atoms with van der Waals surface area (Å²) in [5, 5.41) is 5.57. The fourth-order valence-corrected chi connectivity index (χ4v) is 3.79. The number of carbonyl (C=O) groups is 3. The van der Waals surface area contributed by atoms with Crippen molar-refractivity contribution in [3.05, 3.63) is 59.9 Å². The first-order valence-corrected chi connectivity index (χ1v) is 11.1. The molecule has 8 heteroatoms. The molecular formula is C24H31N5O3. The maximum atomic E-state index is 13.1. The third kappa shape index (κ3) is 6.54. The Balaban J connectivity index is 1.59. The number of amides is 4. The van der Waals surface area contributed by atoms with Gasteiger partial charge in [-0.1, -0.05) is 12.1 Å². The minimum absolute atomic E-state index is 0.00936. The minimum Gasteiger partial charge on any atom is -0.337 e. The van der Waals surface area contributed by atoms with Crippen molar-refractivity contribution in [1.82, 2.24) is 20.1 Å². The van der Waals surface area contributed by atoms with Crippen LogP contribution in [0.15, 0.2) is 48.8 Å². The summed E-state index contributed by atoms with van der Waals surface area (Å²) in [7, 11) is 0. The average molecular weight is 438 g/mol. The quantitative estimate of drug-likeness (QED) is 0.696. The Morgan fingerprint density at radius 1 is 1.19 bits per heavy atom. The number of hydrogen-bond donors (Lipinski definition) is 2. The first-order valence-electron chi connectivity index (χ1n) is 11.1. The van der Waals surface area contributed by atoms with Crippen LogP contribution >= 0.6 is 0 Å². The smallest absolute Gasteiger partial charge is 0.319 e. The fourth-order valence-electron chi connectivity index (χ4n) is 3.79. The number of nitrogens with one attached hydrogen (secondary N) is 2. The summed E-state index contributed by atoms with van der Waals surface area (Å²) in [6, 6.07) is 10.2. The van der Waals surface area contributed by atoms with Gasteiger partial charge in [-0.05, 0) is 68.5 Å². The summed E-state index contributed by atoms with van der Waals surface area (Å²) >= 11 is 0. The van der Waals surface area contributed by atoms with Gasteiger partial charge in [0.15, 0.2) is 0 Å². The SMILES string of the molecule is CCN(Cc1ccncc1)C(=O)CN1CCCC[C@H](NC(=O)Nc2cccc(C)c2)C1=O. The van der Waals surface area contributed by atoms with Crippen molar-refractivity contribution in [3.63, 3.8) is 0 Å². The van der Waals surface area contributed by atoms with Gasteiger partial charge in [0.25, 0.3) is 0 Å². The molecule has 1 fully saturated rings. The lowest BCUT2D eigenvalue weighted by Crippen LogP contribution is -2.51. The standard InChI is InChI=1S/C24H31N5O3/c1-3-28(16-19-10-12-25-13-11-19)22(30)17-29-14-5-4-9-21(23(29)31)27-24(32)26-20-8-6-7-18(2)15-20/h6-8,10-13,15,21H,3-5,9,14,16-17H2,1-2H3,(H2,26,27,32)/t21-/m0/s1. The summed E-state index contributed by atoms with van der Waals surface area (Å²) in [6.45, 7) is 5.40. The largest absolute Gasteiger partial charge is 0.337 e. The molecule has 1 atom stereocenters. The number of urea groups is 1. The molecule has 1 aliphatic rings. The van der Waals surface area contributed by atoms with Crippen LogP contribution in [-0.4, -0.2) is 58.3 Å². The lowest BCUT2D eigenvalue weighted by Gasteiger charge is -2.28. The first kappa shape index (κ1) is 23.2. The molecule has 170 valence electrons. The zero-order valence-corrected chi connectivity index (χ0v) is 18.7. The van der Waals surface area contributed by atoms with Crippen molar-refractivity contribution in [2.45, 2.75) is 45.7 Å². The molecule has 0 aliphatic carbocycles. The van der Waals surface area contributed by atoms with Crippen molar-refractivity contribution in [1.29, 1.82) is 0 Å². The normalized spacial score (nSPS) is 16.2. The Labute approximate surface area is 189 Å². The van der Waals surface area contributed by atoms with Crippen LogP contribution in [0.2, 0.25) is 0 Å².